The van der Waals surface area contributed by atoms with Crippen molar-refractivity contribution in [3.63, 3.8) is 0 Å². The first-order valence-electron chi connectivity index (χ1n) is 11.1. The highest BCUT2D eigenvalue weighted by molar-refractivity contribution is 6.01. The van der Waals surface area contributed by atoms with Gasteiger partial charge in [0.1, 0.15) is 11.2 Å². The topological polar surface area (TPSA) is 93.5 Å². The first kappa shape index (κ1) is 22.0. The van der Waals surface area contributed by atoms with Crippen LogP contribution in [0.2, 0.25) is 0 Å². The molecule has 2 heterocycles. The van der Waals surface area contributed by atoms with E-state index in [1.54, 1.807) is 11.8 Å². The molecule has 8 nitrogen and oxygen atoms in total. The van der Waals surface area contributed by atoms with Crippen LogP contribution in [0.1, 0.15) is 66.1 Å². The van der Waals surface area contributed by atoms with Gasteiger partial charge in [-0.15, -0.1) is 0 Å². The summed E-state index contributed by atoms with van der Waals surface area (Å²) in [6, 6.07) is 11.1. The molecule has 2 amide bonds. The molecule has 4 rings (SSSR count). The van der Waals surface area contributed by atoms with Crippen molar-refractivity contribution in [2.24, 2.45) is 5.92 Å². The lowest BCUT2D eigenvalue weighted by Gasteiger charge is -2.44. The number of carbonyl (C=O) groups excluding carboxylic acids is 3. The van der Waals surface area contributed by atoms with Crippen LogP contribution in [0.5, 0.6) is 0 Å². The number of hydrogen-bond acceptors (Lipinski definition) is 5. The van der Waals surface area contributed by atoms with Crippen LogP contribution in [0.4, 0.5) is 0 Å². The Morgan fingerprint density at radius 3 is 2.53 bits per heavy atom. The number of amides is 2. The highest BCUT2D eigenvalue weighted by atomic mass is 16.5. The summed E-state index contributed by atoms with van der Waals surface area (Å²) in [6.45, 7) is 4.45. The smallest absolute Gasteiger partial charge is 0.358 e. The summed E-state index contributed by atoms with van der Waals surface area (Å²) >= 11 is 0. The Labute approximate surface area is 187 Å². The second-order valence-electron chi connectivity index (χ2n) is 9.15. The average Bonchev–Trinajstić information content (AvgIpc) is 3.22. The van der Waals surface area contributed by atoms with Gasteiger partial charge in [-0.2, -0.15) is 5.10 Å². The summed E-state index contributed by atoms with van der Waals surface area (Å²) in [5.74, 6) is -0.468. The average molecular weight is 439 g/mol. The van der Waals surface area contributed by atoms with Gasteiger partial charge in [-0.05, 0) is 44.1 Å². The highest BCUT2D eigenvalue weighted by Crippen LogP contribution is 2.31. The predicted octanol–water partition coefficient (Wildman–Crippen LogP) is 2.78. The van der Waals surface area contributed by atoms with Crippen molar-refractivity contribution in [2.45, 2.75) is 64.2 Å². The maximum Gasteiger partial charge on any atom is 0.358 e. The number of ether oxygens (including phenoxy) is 1. The zero-order valence-electron chi connectivity index (χ0n) is 18.8. The van der Waals surface area contributed by atoms with E-state index < -0.39 is 11.5 Å². The molecule has 1 aromatic carbocycles. The van der Waals surface area contributed by atoms with Gasteiger partial charge in [-0.1, -0.05) is 37.3 Å². The van der Waals surface area contributed by atoms with Gasteiger partial charge >= 0.3 is 5.97 Å². The van der Waals surface area contributed by atoms with E-state index in [9.17, 15) is 14.4 Å². The number of nitrogens with one attached hydrogen (secondary N) is 1. The lowest BCUT2D eigenvalue weighted by molar-refractivity contribution is -0.134. The van der Waals surface area contributed by atoms with Crippen LogP contribution < -0.4 is 5.32 Å². The molecule has 1 aromatic heterocycles. The summed E-state index contributed by atoms with van der Waals surface area (Å²) in [7, 11) is 1.27. The quantitative estimate of drug-likeness (QED) is 0.725. The minimum absolute atomic E-state index is 0.0569. The van der Waals surface area contributed by atoms with Crippen LogP contribution in [0.3, 0.4) is 0 Å². The highest BCUT2D eigenvalue weighted by Gasteiger charge is 2.48. The van der Waals surface area contributed by atoms with Crippen molar-refractivity contribution in [3.8, 4) is 0 Å². The second kappa shape index (κ2) is 8.76. The fourth-order valence-electron chi connectivity index (χ4n) is 4.61. The molecule has 170 valence electrons. The molecule has 1 fully saturated rings. The van der Waals surface area contributed by atoms with Gasteiger partial charge < -0.3 is 15.0 Å². The molecule has 1 N–H and O–H groups in total. The molecular weight excluding hydrogens is 408 g/mol. The number of carbonyl (C=O) groups is 3. The third kappa shape index (κ3) is 4.13. The fraction of sp³-hybridized carbons (Fsp3) is 0.500. The number of methoxy groups -OCH3 is 1. The van der Waals surface area contributed by atoms with Crippen molar-refractivity contribution in [2.75, 3.05) is 7.11 Å². The number of hydrogen-bond donors (Lipinski definition) is 1. The molecule has 32 heavy (non-hydrogen) atoms. The monoisotopic (exact) mass is 438 g/mol. The lowest BCUT2D eigenvalue weighted by Crippen LogP contribution is -2.64. The van der Waals surface area contributed by atoms with Crippen LogP contribution in [0.15, 0.2) is 36.4 Å². The van der Waals surface area contributed by atoms with Gasteiger partial charge in [0, 0.05) is 18.7 Å². The minimum Gasteiger partial charge on any atom is -0.464 e. The maximum atomic E-state index is 13.6. The van der Waals surface area contributed by atoms with Crippen LogP contribution >= 0.6 is 0 Å². The van der Waals surface area contributed by atoms with Gasteiger partial charge in [0.15, 0.2) is 5.69 Å². The fourth-order valence-corrected chi connectivity index (χ4v) is 4.61. The molecule has 2 aliphatic rings. The summed E-state index contributed by atoms with van der Waals surface area (Å²) in [5, 5.41) is 7.45. The normalized spacial score (nSPS) is 25.2. The Morgan fingerprint density at radius 1 is 1.19 bits per heavy atom. The number of fused-ring (bicyclic) bond motifs is 1. The molecule has 0 bridgehead atoms. The van der Waals surface area contributed by atoms with E-state index >= 15 is 0 Å². The van der Waals surface area contributed by atoms with E-state index in [-0.39, 0.29) is 42.3 Å². The van der Waals surface area contributed by atoms with Crippen molar-refractivity contribution in [1.82, 2.24) is 20.0 Å². The molecule has 8 heteroatoms. The van der Waals surface area contributed by atoms with E-state index in [1.165, 1.54) is 17.9 Å². The predicted molar refractivity (Wildman–Crippen MR) is 118 cm³/mol. The number of esters is 1. The Balaban J connectivity index is 1.66. The minimum atomic E-state index is -1.15. The van der Waals surface area contributed by atoms with Crippen molar-refractivity contribution < 1.29 is 19.1 Å². The summed E-state index contributed by atoms with van der Waals surface area (Å²) in [5.41, 5.74) is 0.106. The van der Waals surface area contributed by atoms with E-state index in [0.717, 1.165) is 31.2 Å². The van der Waals surface area contributed by atoms with Gasteiger partial charge in [-0.3, -0.25) is 14.3 Å². The number of nitrogens with zero attached hydrogens (tertiary/aromatic N) is 3. The molecule has 1 saturated carbocycles. The van der Waals surface area contributed by atoms with Gasteiger partial charge in [-0.25, -0.2) is 4.79 Å². The number of benzene rings is 1. The Kier molecular flexibility index (Phi) is 6.04. The van der Waals surface area contributed by atoms with E-state index in [2.05, 4.69) is 17.3 Å². The van der Waals surface area contributed by atoms with Crippen LogP contribution in [0.25, 0.3) is 0 Å². The van der Waals surface area contributed by atoms with Crippen molar-refractivity contribution >= 4 is 17.8 Å². The van der Waals surface area contributed by atoms with Gasteiger partial charge in [0.2, 0.25) is 5.91 Å². The number of rotatable bonds is 5. The summed E-state index contributed by atoms with van der Waals surface area (Å²) in [6.07, 6.45) is 4.05. The molecule has 1 aliphatic heterocycles. The SMILES string of the molecule is COC(=O)c1cc2n(n1)CC(C)(C(=O)NC1CCC(C)CC1)N(Cc1ccccc1)C2=O. The van der Waals surface area contributed by atoms with Crippen LogP contribution in [-0.4, -0.2) is 51.2 Å². The molecular formula is C24H30N4O4. The molecule has 0 saturated heterocycles. The Morgan fingerprint density at radius 2 is 1.88 bits per heavy atom. The standard InChI is InChI=1S/C24H30N4O4/c1-16-9-11-18(12-10-16)25-23(31)24(2)15-28-20(13-19(26-28)22(30)32-3)21(29)27(24)14-17-7-5-4-6-8-17/h4-8,13,16,18H,9-12,14-15H2,1-3H3,(H,25,31). The zero-order chi connectivity index (χ0) is 22.9. The molecule has 1 unspecified atom stereocenters. The van der Waals surface area contributed by atoms with Gasteiger partial charge in [0.05, 0.1) is 13.7 Å². The van der Waals surface area contributed by atoms with Crippen molar-refractivity contribution in [3.05, 3.63) is 53.3 Å². The summed E-state index contributed by atoms with van der Waals surface area (Å²) < 4.78 is 6.22. The lowest BCUT2D eigenvalue weighted by atomic mass is 9.86. The zero-order valence-corrected chi connectivity index (χ0v) is 18.8. The molecule has 0 radical (unpaired) electrons. The third-order valence-electron chi connectivity index (χ3n) is 6.72. The molecule has 0 spiro atoms. The molecule has 2 aromatic rings. The second-order valence-corrected chi connectivity index (χ2v) is 9.15. The third-order valence-corrected chi connectivity index (χ3v) is 6.72. The largest absolute Gasteiger partial charge is 0.464 e. The number of aromatic nitrogens is 2. The van der Waals surface area contributed by atoms with E-state index in [4.69, 9.17) is 4.74 Å². The van der Waals surface area contributed by atoms with Crippen molar-refractivity contribution in [1.29, 1.82) is 0 Å². The molecule has 1 aliphatic carbocycles. The maximum absolute atomic E-state index is 13.6. The van der Waals surface area contributed by atoms with Crippen LogP contribution in [-0.2, 0) is 22.6 Å². The molecule has 1 atom stereocenters. The summed E-state index contributed by atoms with van der Waals surface area (Å²) in [4.78, 5) is 40.7. The van der Waals surface area contributed by atoms with Crippen LogP contribution in [0, 0.1) is 5.92 Å². The first-order chi connectivity index (χ1) is 15.3. The van der Waals surface area contributed by atoms with E-state index in [0.29, 0.717) is 5.92 Å². The Hall–Kier alpha value is -3.16. The van der Waals surface area contributed by atoms with E-state index in [1.807, 2.05) is 30.3 Å². The first-order valence-corrected chi connectivity index (χ1v) is 11.1. The van der Waals surface area contributed by atoms with Gasteiger partial charge in [0.25, 0.3) is 5.91 Å². The Bertz CT molecular complexity index is 1010.